The summed E-state index contributed by atoms with van der Waals surface area (Å²) in [5.41, 5.74) is -0.713. The Balaban J connectivity index is 1.87. The minimum atomic E-state index is -0.726. The second kappa shape index (κ2) is 3.88. The van der Waals surface area contributed by atoms with Crippen LogP contribution in [0.2, 0.25) is 0 Å². The highest BCUT2D eigenvalue weighted by atomic mass is 16.8. The molecule has 0 aromatic rings. The maximum absolute atomic E-state index is 11.6. The van der Waals surface area contributed by atoms with Crippen LogP contribution in [-0.2, 0) is 23.7 Å². The van der Waals surface area contributed by atoms with Gasteiger partial charge in [0, 0.05) is 6.42 Å². The lowest BCUT2D eigenvalue weighted by atomic mass is 9.92. The number of carbonyl (C=O) groups excluding carboxylic acids is 1. The zero-order chi connectivity index (χ0) is 13.9. The highest BCUT2D eigenvalue weighted by Crippen LogP contribution is 2.46. The summed E-state index contributed by atoms with van der Waals surface area (Å²) in [5.74, 6) is -1.28. The molecule has 1 aliphatic carbocycles. The third kappa shape index (κ3) is 2.25. The molecule has 0 radical (unpaired) electrons. The summed E-state index contributed by atoms with van der Waals surface area (Å²) in [6.07, 6.45) is 3.13. The van der Waals surface area contributed by atoms with E-state index in [2.05, 4.69) is 0 Å². The van der Waals surface area contributed by atoms with Crippen LogP contribution in [0.3, 0.4) is 0 Å². The smallest absolute Gasteiger partial charge is 0.164 e. The van der Waals surface area contributed by atoms with Crippen LogP contribution in [0.4, 0.5) is 0 Å². The Kier molecular flexibility index (Phi) is 2.71. The monoisotopic (exact) mass is 268 g/mol. The molecule has 3 aliphatic rings. The van der Waals surface area contributed by atoms with Gasteiger partial charge in [0.25, 0.3) is 0 Å². The van der Waals surface area contributed by atoms with E-state index in [1.54, 1.807) is 6.08 Å². The summed E-state index contributed by atoms with van der Waals surface area (Å²) in [6.45, 7) is 7.89. The van der Waals surface area contributed by atoms with Crippen LogP contribution in [-0.4, -0.2) is 41.8 Å². The molecule has 0 N–H and O–H groups in total. The fraction of sp³-hybridized carbons (Fsp3) is 0.786. The zero-order valence-electron chi connectivity index (χ0n) is 11.8. The van der Waals surface area contributed by atoms with Crippen molar-refractivity contribution >= 4 is 5.78 Å². The standard InChI is InChI=1S/C14H20O5/c1-12(2)16-8-10(17-12)11-14(6-5-9(15)7-14)19-13(3,4)18-11/h5-6,10-11H,7-8H2,1-4H3/t10-,11-,14+/m1/s1. The van der Waals surface area contributed by atoms with Crippen LogP contribution in [0.1, 0.15) is 34.1 Å². The quantitative estimate of drug-likeness (QED) is 0.722. The number of ketones is 1. The van der Waals surface area contributed by atoms with Crippen molar-refractivity contribution in [2.45, 2.75) is 63.5 Å². The fourth-order valence-electron chi connectivity index (χ4n) is 3.09. The van der Waals surface area contributed by atoms with Gasteiger partial charge in [0.2, 0.25) is 0 Å². The van der Waals surface area contributed by atoms with E-state index in [1.807, 2.05) is 33.8 Å². The van der Waals surface area contributed by atoms with Crippen molar-refractivity contribution in [1.29, 1.82) is 0 Å². The van der Waals surface area contributed by atoms with Crippen molar-refractivity contribution in [1.82, 2.24) is 0 Å². The average molecular weight is 268 g/mol. The van der Waals surface area contributed by atoms with Gasteiger partial charge in [-0.15, -0.1) is 0 Å². The molecule has 3 rings (SSSR count). The number of carbonyl (C=O) groups is 1. The maximum atomic E-state index is 11.6. The molecule has 0 aromatic carbocycles. The molecule has 2 saturated heterocycles. The lowest BCUT2D eigenvalue weighted by Crippen LogP contribution is -2.46. The first kappa shape index (κ1) is 13.2. The summed E-state index contributed by atoms with van der Waals surface area (Å²) in [6, 6.07) is 0. The van der Waals surface area contributed by atoms with E-state index in [1.165, 1.54) is 0 Å². The van der Waals surface area contributed by atoms with Crippen molar-refractivity contribution in [2.24, 2.45) is 0 Å². The topological polar surface area (TPSA) is 54.0 Å². The van der Waals surface area contributed by atoms with Gasteiger partial charge in [0.1, 0.15) is 17.8 Å². The summed E-state index contributed by atoms with van der Waals surface area (Å²) >= 11 is 0. The van der Waals surface area contributed by atoms with Gasteiger partial charge >= 0.3 is 0 Å². The Morgan fingerprint density at radius 1 is 1.16 bits per heavy atom. The molecular weight excluding hydrogens is 248 g/mol. The van der Waals surface area contributed by atoms with Gasteiger partial charge in [-0.2, -0.15) is 0 Å². The first-order valence-electron chi connectivity index (χ1n) is 6.63. The molecule has 2 fully saturated rings. The van der Waals surface area contributed by atoms with E-state index in [9.17, 15) is 4.79 Å². The van der Waals surface area contributed by atoms with Crippen LogP contribution in [0.25, 0.3) is 0 Å². The third-order valence-corrected chi connectivity index (χ3v) is 3.70. The molecule has 0 aromatic heterocycles. The first-order valence-corrected chi connectivity index (χ1v) is 6.63. The van der Waals surface area contributed by atoms with Crippen molar-refractivity contribution in [3.63, 3.8) is 0 Å². The lowest BCUT2D eigenvalue weighted by molar-refractivity contribution is -0.175. The van der Waals surface area contributed by atoms with E-state index in [0.29, 0.717) is 13.0 Å². The molecule has 0 bridgehead atoms. The molecule has 19 heavy (non-hydrogen) atoms. The van der Waals surface area contributed by atoms with E-state index in [4.69, 9.17) is 18.9 Å². The van der Waals surface area contributed by atoms with E-state index >= 15 is 0 Å². The van der Waals surface area contributed by atoms with Gasteiger partial charge < -0.3 is 18.9 Å². The normalized spacial score (nSPS) is 43.5. The number of hydrogen-bond acceptors (Lipinski definition) is 5. The lowest BCUT2D eigenvalue weighted by Gasteiger charge is -2.29. The maximum Gasteiger partial charge on any atom is 0.164 e. The number of allylic oxidation sites excluding steroid dienone is 1. The first-order chi connectivity index (χ1) is 8.72. The van der Waals surface area contributed by atoms with Crippen molar-refractivity contribution < 1.29 is 23.7 Å². The zero-order valence-corrected chi connectivity index (χ0v) is 11.8. The Bertz CT molecular complexity index is 439. The van der Waals surface area contributed by atoms with Crippen LogP contribution >= 0.6 is 0 Å². The van der Waals surface area contributed by atoms with Crippen LogP contribution in [0.5, 0.6) is 0 Å². The second-order valence-corrected chi connectivity index (χ2v) is 6.34. The highest BCUT2D eigenvalue weighted by Gasteiger charge is 2.59. The molecule has 0 unspecified atom stereocenters. The third-order valence-electron chi connectivity index (χ3n) is 3.70. The van der Waals surface area contributed by atoms with E-state index in [-0.39, 0.29) is 18.0 Å². The van der Waals surface area contributed by atoms with Crippen molar-refractivity contribution in [3.05, 3.63) is 12.2 Å². The number of rotatable bonds is 1. The molecule has 0 saturated carbocycles. The minimum Gasteiger partial charge on any atom is -0.348 e. The predicted octanol–water partition coefficient (Wildman–Crippen LogP) is 1.56. The predicted molar refractivity (Wildman–Crippen MR) is 66.4 cm³/mol. The van der Waals surface area contributed by atoms with E-state index < -0.39 is 17.2 Å². The molecule has 5 nitrogen and oxygen atoms in total. The number of hydrogen-bond donors (Lipinski definition) is 0. The second-order valence-electron chi connectivity index (χ2n) is 6.34. The molecule has 106 valence electrons. The van der Waals surface area contributed by atoms with Gasteiger partial charge in [0.15, 0.2) is 17.4 Å². The Labute approximate surface area is 112 Å². The summed E-state index contributed by atoms with van der Waals surface area (Å²) in [7, 11) is 0. The average Bonchev–Trinajstić information content (AvgIpc) is 2.86. The molecule has 0 amide bonds. The molecular formula is C14H20O5. The van der Waals surface area contributed by atoms with Gasteiger partial charge in [0.05, 0.1) is 6.61 Å². The van der Waals surface area contributed by atoms with Gasteiger partial charge in [-0.25, -0.2) is 0 Å². The van der Waals surface area contributed by atoms with Crippen molar-refractivity contribution in [3.8, 4) is 0 Å². The Morgan fingerprint density at radius 3 is 2.42 bits per heavy atom. The molecule has 1 spiro atoms. The summed E-state index contributed by atoms with van der Waals surface area (Å²) in [5, 5.41) is 0. The van der Waals surface area contributed by atoms with E-state index in [0.717, 1.165) is 0 Å². The molecule has 2 aliphatic heterocycles. The Morgan fingerprint density at radius 2 is 1.89 bits per heavy atom. The molecule has 2 heterocycles. The summed E-state index contributed by atoms with van der Waals surface area (Å²) in [4.78, 5) is 11.6. The highest BCUT2D eigenvalue weighted by molar-refractivity contribution is 5.93. The van der Waals surface area contributed by atoms with Crippen LogP contribution < -0.4 is 0 Å². The van der Waals surface area contributed by atoms with Gasteiger partial charge in [-0.1, -0.05) is 0 Å². The minimum absolute atomic E-state index is 0.0597. The molecule has 5 heteroatoms. The van der Waals surface area contributed by atoms with Crippen molar-refractivity contribution in [2.75, 3.05) is 6.61 Å². The fourth-order valence-corrected chi connectivity index (χ4v) is 3.09. The van der Waals surface area contributed by atoms with Gasteiger partial charge in [-0.05, 0) is 39.8 Å². The summed E-state index contributed by atoms with van der Waals surface area (Å²) < 4.78 is 23.4. The number of ether oxygens (including phenoxy) is 4. The largest absolute Gasteiger partial charge is 0.348 e. The molecule has 3 atom stereocenters. The van der Waals surface area contributed by atoms with Gasteiger partial charge in [-0.3, -0.25) is 4.79 Å². The van der Waals surface area contributed by atoms with Crippen LogP contribution in [0.15, 0.2) is 12.2 Å². The SMILES string of the molecule is CC1(C)OC[C@H]([C@H]2OC(C)(C)O[C@]23C=CC(=O)C3)O1. The van der Waals surface area contributed by atoms with Crippen LogP contribution in [0, 0.1) is 0 Å². The Hall–Kier alpha value is -0.750.